The molecule has 1 fully saturated rings. The molecule has 2 rings (SSSR count). The molecule has 0 saturated heterocycles. The Morgan fingerprint density at radius 3 is 2.90 bits per heavy atom. The highest BCUT2D eigenvalue weighted by atomic mass is 19.1. The van der Waals surface area contributed by atoms with Crippen LogP contribution in [0.5, 0.6) is 0 Å². The van der Waals surface area contributed by atoms with Crippen LogP contribution in [-0.2, 0) is 11.3 Å². The van der Waals surface area contributed by atoms with Gasteiger partial charge in [0.05, 0.1) is 6.61 Å². The third kappa shape index (κ3) is 4.31. The first-order valence-electron chi connectivity index (χ1n) is 6.85. The van der Waals surface area contributed by atoms with Crippen molar-refractivity contribution in [3.05, 3.63) is 35.1 Å². The molecule has 1 aromatic carbocycles. The molecule has 1 aromatic rings. The fourth-order valence-electron chi connectivity index (χ4n) is 2.20. The standard InChI is InChI=1S/C16H20FNO2/c1-20-10-8-18(16-6-7-16)12-14-4-5-15(17)11-13(14)3-2-9-19/h4-5,11,16,19H,6-10,12H2,1H3. The SMILES string of the molecule is COCCN(Cc1ccc(F)cc1C#CCO)C1CC1. The highest BCUT2D eigenvalue weighted by Gasteiger charge is 2.28. The number of nitrogens with zero attached hydrogens (tertiary/aromatic N) is 1. The second-order valence-electron chi connectivity index (χ2n) is 4.96. The number of ether oxygens (including phenoxy) is 1. The van der Waals surface area contributed by atoms with E-state index in [4.69, 9.17) is 9.84 Å². The van der Waals surface area contributed by atoms with E-state index in [1.54, 1.807) is 13.2 Å². The van der Waals surface area contributed by atoms with Gasteiger partial charge in [0.15, 0.2) is 0 Å². The summed E-state index contributed by atoms with van der Waals surface area (Å²) >= 11 is 0. The minimum Gasteiger partial charge on any atom is -0.384 e. The summed E-state index contributed by atoms with van der Waals surface area (Å²) in [6.45, 7) is 2.08. The summed E-state index contributed by atoms with van der Waals surface area (Å²) in [6.07, 6.45) is 2.42. The fraction of sp³-hybridized carbons (Fsp3) is 0.500. The van der Waals surface area contributed by atoms with Gasteiger partial charge in [-0.25, -0.2) is 4.39 Å². The molecule has 1 aliphatic carbocycles. The number of aliphatic hydroxyl groups is 1. The van der Waals surface area contributed by atoms with E-state index in [1.807, 2.05) is 0 Å². The number of benzene rings is 1. The van der Waals surface area contributed by atoms with Gasteiger partial charge in [0.2, 0.25) is 0 Å². The zero-order chi connectivity index (χ0) is 14.4. The molecule has 1 N–H and O–H groups in total. The highest BCUT2D eigenvalue weighted by Crippen LogP contribution is 2.28. The first-order chi connectivity index (χ1) is 9.74. The Bertz CT molecular complexity index is 503. The van der Waals surface area contributed by atoms with Crippen LogP contribution >= 0.6 is 0 Å². The van der Waals surface area contributed by atoms with Gasteiger partial charge < -0.3 is 9.84 Å². The zero-order valence-corrected chi connectivity index (χ0v) is 11.7. The van der Waals surface area contributed by atoms with E-state index in [1.165, 1.54) is 25.0 Å². The summed E-state index contributed by atoms with van der Waals surface area (Å²) in [5.74, 6) is 5.12. The largest absolute Gasteiger partial charge is 0.384 e. The van der Waals surface area contributed by atoms with E-state index in [0.29, 0.717) is 18.2 Å². The predicted molar refractivity (Wildman–Crippen MR) is 75.7 cm³/mol. The van der Waals surface area contributed by atoms with Crippen LogP contribution in [0, 0.1) is 17.7 Å². The molecule has 0 unspecified atom stereocenters. The average Bonchev–Trinajstić information content (AvgIpc) is 3.27. The molecule has 0 atom stereocenters. The van der Waals surface area contributed by atoms with Crippen molar-refractivity contribution < 1.29 is 14.2 Å². The lowest BCUT2D eigenvalue weighted by Crippen LogP contribution is -2.29. The van der Waals surface area contributed by atoms with Crippen molar-refractivity contribution in [1.29, 1.82) is 0 Å². The van der Waals surface area contributed by atoms with Crippen LogP contribution < -0.4 is 0 Å². The first-order valence-corrected chi connectivity index (χ1v) is 6.85. The van der Waals surface area contributed by atoms with E-state index in [9.17, 15) is 4.39 Å². The van der Waals surface area contributed by atoms with Gasteiger partial charge in [0.25, 0.3) is 0 Å². The van der Waals surface area contributed by atoms with E-state index in [-0.39, 0.29) is 12.4 Å². The van der Waals surface area contributed by atoms with Gasteiger partial charge in [-0.2, -0.15) is 0 Å². The molecule has 0 spiro atoms. The van der Waals surface area contributed by atoms with Crippen molar-refractivity contribution in [1.82, 2.24) is 4.90 Å². The van der Waals surface area contributed by atoms with E-state index in [2.05, 4.69) is 16.7 Å². The topological polar surface area (TPSA) is 32.7 Å². The van der Waals surface area contributed by atoms with Crippen molar-refractivity contribution in [2.24, 2.45) is 0 Å². The van der Waals surface area contributed by atoms with Gasteiger partial charge >= 0.3 is 0 Å². The Labute approximate surface area is 119 Å². The molecule has 0 bridgehead atoms. The second-order valence-corrected chi connectivity index (χ2v) is 4.96. The van der Waals surface area contributed by atoms with Gasteiger partial charge in [-0.3, -0.25) is 4.90 Å². The Morgan fingerprint density at radius 2 is 2.25 bits per heavy atom. The molecular formula is C16H20FNO2. The van der Waals surface area contributed by atoms with Crippen LogP contribution in [-0.4, -0.2) is 42.9 Å². The minimum absolute atomic E-state index is 0.216. The molecule has 108 valence electrons. The normalized spacial score (nSPS) is 14.2. The van der Waals surface area contributed by atoms with Gasteiger partial charge in [-0.05, 0) is 30.5 Å². The third-order valence-corrected chi connectivity index (χ3v) is 3.39. The Balaban J connectivity index is 2.13. The summed E-state index contributed by atoms with van der Waals surface area (Å²) in [6, 6.07) is 5.27. The van der Waals surface area contributed by atoms with Crippen molar-refractivity contribution in [2.45, 2.75) is 25.4 Å². The molecular weight excluding hydrogens is 257 g/mol. The van der Waals surface area contributed by atoms with E-state index >= 15 is 0 Å². The Morgan fingerprint density at radius 1 is 1.45 bits per heavy atom. The molecule has 0 aliphatic heterocycles. The number of methoxy groups -OCH3 is 1. The van der Waals surface area contributed by atoms with Gasteiger partial charge in [0, 0.05) is 31.8 Å². The van der Waals surface area contributed by atoms with Crippen LogP contribution in [0.15, 0.2) is 18.2 Å². The number of aliphatic hydroxyl groups excluding tert-OH is 1. The van der Waals surface area contributed by atoms with Gasteiger partial charge in [0.1, 0.15) is 12.4 Å². The molecule has 0 amide bonds. The van der Waals surface area contributed by atoms with Gasteiger partial charge in [-0.15, -0.1) is 0 Å². The maximum absolute atomic E-state index is 13.3. The quantitative estimate of drug-likeness (QED) is 0.805. The molecule has 0 radical (unpaired) electrons. The van der Waals surface area contributed by atoms with Crippen LogP contribution in [0.25, 0.3) is 0 Å². The van der Waals surface area contributed by atoms with Crippen LogP contribution in [0.4, 0.5) is 4.39 Å². The maximum atomic E-state index is 13.3. The third-order valence-electron chi connectivity index (χ3n) is 3.39. The lowest BCUT2D eigenvalue weighted by molar-refractivity contribution is 0.139. The molecule has 3 nitrogen and oxygen atoms in total. The van der Waals surface area contributed by atoms with E-state index in [0.717, 1.165) is 18.7 Å². The van der Waals surface area contributed by atoms with Crippen molar-refractivity contribution in [2.75, 3.05) is 26.9 Å². The summed E-state index contributed by atoms with van der Waals surface area (Å²) in [5, 5.41) is 8.79. The summed E-state index contributed by atoms with van der Waals surface area (Å²) in [7, 11) is 1.70. The predicted octanol–water partition coefficient (Wildman–Crippen LogP) is 1.78. The number of rotatable bonds is 6. The lowest BCUT2D eigenvalue weighted by atomic mass is 10.1. The average molecular weight is 277 g/mol. The summed E-state index contributed by atoms with van der Waals surface area (Å²) in [5.41, 5.74) is 1.65. The smallest absolute Gasteiger partial charge is 0.124 e. The number of hydrogen-bond acceptors (Lipinski definition) is 3. The molecule has 20 heavy (non-hydrogen) atoms. The zero-order valence-electron chi connectivity index (χ0n) is 11.7. The van der Waals surface area contributed by atoms with Crippen LogP contribution in [0.2, 0.25) is 0 Å². The van der Waals surface area contributed by atoms with Crippen LogP contribution in [0.1, 0.15) is 24.0 Å². The second kappa shape index (κ2) is 7.39. The molecule has 4 heteroatoms. The number of halogens is 1. The molecule has 1 aliphatic rings. The number of hydrogen-bond donors (Lipinski definition) is 1. The van der Waals surface area contributed by atoms with Gasteiger partial charge in [-0.1, -0.05) is 17.9 Å². The van der Waals surface area contributed by atoms with Crippen LogP contribution in [0.3, 0.4) is 0 Å². The van der Waals surface area contributed by atoms with Crippen molar-refractivity contribution in [3.8, 4) is 11.8 Å². The molecule has 0 aromatic heterocycles. The Hall–Kier alpha value is -1.41. The maximum Gasteiger partial charge on any atom is 0.124 e. The van der Waals surface area contributed by atoms with Crippen molar-refractivity contribution in [3.63, 3.8) is 0 Å². The minimum atomic E-state index is -0.300. The van der Waals surface area contributed by atoms with Crippen molar-refractivity contribution >= 4 is 0 Å². The molecule has 0 heterocycles. The fourth-order valence-corrected chi connectivity index (χ4v) is 2.20. The Kier molecular flexibility index (Phi) is 5.54. The summed E-state index contributed by atoms with van der Waals surface area (Å²) < 4.78 is 18.5. The summed E-state index contributed by atoms with van der Waals surface area (Å²) in [4.78, 5) is 2.35. The van der Waals surface area contributed by atoms with E-state index < -0.39 is 0 Å². The highest BCUT2D eigenvalue weighted by molar-refractivity contribution is 5.41. The first kappa shape index (κ1) is 15.0. The lowest BCUT2D eigenvalue weighted by Gasteiger charge is -2.22. The molecule has 1 saturated carbocycles. The monoisotopic (exact) mass is 277 g/mol.